The highest BCUT2D eigenvalue weighted by molar-refractivity contribution is 7.89. The molecule has 1 N–H and O–H groups in total. The molecule has 1 aromatic carbocycles. The standard InChI is InChI=1S/C17H22ClN3O3S/c1-12-17(13(2)24-20-12)25(22,23)19-11-16(21-9-5-6-10-21)14-7-3-4-8-15(14)18/h3-4,7-8,16,19H,5-6,9-11H2,1-2H3. The third-order valence-corrected chi connectivity index (χ3v) is 6.56. The second-order valence-electron chi connectivity index (χ2n) is 6.29. The Morgan fingerprint density at radius 1 is 1.28 bits per heavy atom. The zero-order valence-electron chi connectivity index (χ0n) is 14.3. The van der Waals surface area contributed by atoms with E-state index in [2.05, 4.69) is 14.8 Å². The molecule has 1 aromatic heterocycles. The lowest BCUT2D eigenvalue weighted by Crippen LogP contribution is -2.37. The van der Waals surface area contributed by atoms with Gasteiger partial charge < -0.3 is 4.52 Å². The monoisotopic (exact) mass is 383 g/mol. The highest BCUT2D eigenvalue weighted by Gasteiger charge is 2.29. The van der Waals surface area contributed by atoms with Crippen molar-refractivity contribution in [2.75, 3.05) is 19.6 Å². The number of rotatable bonds is 6. The topological polar surface area (TPSA) is 75.4 Å². The molecule has 1 unspecified atom stereocenters. The number of nitrogens with zero attached hydrogens (tertiary/aromatic N) is 2. The van der Waals surface area contributed by atoms with E-state index in [0.717, 1.165) is 31.5 Å². The Labute approximate surface area is 153 Å². The van der Waals surface area contributed by atoms with E-state index in [1.807, 2.05) is 24.3 Å². The number of benzene rings is 1. The SMILES string of the molecule is Cc1noc(C)c1S(=O)(=O)NCC(c1ccccc1Cl)N1CCCC1. The van der Waals surface area contributed by atoms with Crippen molar-refractivity contribution in [3.05, 3.63) is 46.3 Å². The van der Waals surface area contributed by atoms with Crippen molar-refractivity contribution < 1.29 is 12.9 Å². The first-order valence-electron chi connectivity index (χ1n) is 8.31. The fourth-order valence-electron chi connectivity index (χ4n) is 3.35. The zero-order valence-corrected chi connectivity index (χ0v) is 15.9. The van der Waals surface area contributed by atoms with E-state index in [1.54, 1.807) is 13.8 Å². The number of sulfonamides is 1. The molecule has 6 nitrogen and oxygen atoms in total. The van der Waals surface area contributed by atoms with Crippen LogP contribution in [-0.4, -0.2) is 38.1 Å². The lowest BCUT2D eigenvalue weighted by molar-refractivity contribution is 0.246. The first kappa shape index (κ1) is 18.4. The van der Waals surface area contributed by atoms with E-state index in [-0.39, 0.29) is 17.5 Å². The van der Waals surface area contributed by atoms with E-state index in [1.165, 1.54) is 0 Å². The largest absolute Gasteiger partial charge is 0.360 e. The summed E-state index contributed by atoms with van der Waals surface area (Å²) in [5.41, 5.74) is 1.30. The van der Waals surface area contributed by atoms with Crippen molar-refractivity contribution in [3.63, 3.8) is 0 Å². The van der Waals surface area contributed by atoms with Gasteiger partial charge in [0.05, 0.1) is 0 Å². The Bertz CT molecular complexity index is 825. The predicted octanol–water partition coefficient (Wildman–Crippen LogP) is 3.06. The Morgan fingerprint density at radius 2 is 1.96 bits per heavy atom. The van der Waals surface area contributed by atoms with Crippen LogP contribution < -0.4 is 4.72 Å². The molecule has 0 spiro atoms. The smallest absolute Gasteiger partial charge is 0.246 e. The summed E-state index contributed by atoms with van der Waals surface area (Å²) < 4.78 is 33.1. The van der Waals surface area contributed by atoms with Gasteiger partial charge in [-0.05, 0) is 51.4 Å². The van der Waals surface area contributed by atoms with Gasteiger partial charge in [-0.25, -0.2) is 13.1 Å². The molecular formula is C17H22ClN3O3S. The first-order valence-corrected chi connectivity index (χ1v) is 10.2. The average Bonchev–Trinajstić information content (AvgIpc) is 3.19. The van der Waals surface area contributed by atoms with Gasteiger partial charge in [-0.3, -0.25) is 4.90 Å². The van der Waals surface area contributed by atoms with Gasteiger partial charge in [-0.15, -0.1) is 0 Å². The van der Waals surface area contributed by atoms with Crippen LogP contribution in [-0.2, 0) is 10.0 Å². The van der Waals surface area contributed by atoms with Crippen molar-refractivity contribution in [1.82, 2.24) is 14.8 Å². The van der Waals surface area contributed by atoms with Gasteiger partial charge in [0.25, 0.3) is 0 Å². The minimum absolute atomic E-state index is 0.105. The van der Waals surface area contributed by atoms with Crippen LogP contribution in [0.1, 0.15) is 35.9 Å². The minimum atomic E-state index is -3.70. The highest BCUT2D eigenvalue weighted by atomic mass is 35.5. The fourth-order valence-corrected chi connectivity index (χ4v) is 4.98. The number of likely N-dealkylation sites (tertiary alicyclic amines) is 1. The van der Waals surface area contributed by atoms with Gasteiger partial charge in [0.1, 0.15) is 10.6 Å². The van der Waals surface area contributed by atoms with Gasteiger partial charge in [0.15, 0.2) is 5.76 Å². The molecule has 0 aliphatic carbocycles. The molecule has 1 atom stereocenters. The summed E-state index contributed by atoms with van der Waals surface area (Å²) in [5, 5.41) is 4.38. The Hall–Kier alpha value is -1.41. The summed E-state index contributed by atoms with van der Waals surface area (Å²) in [7, 11) is -3.70. The van der Waals surface area contributed by atoms with Crippen molar-refractivity contribution in [1.29, 1.82) is 0 Å². The van der Waals surface area contributed by atoms with Crippen molar-refractivity contribution in [3.8, 4) is 0 Å². The number of halogens is 1. The first-order chi connectivity index (χ1) is 11.9. The molecule has 2 heterocycles. The molecule has 0 bridgehead atoms. The summed E-state index contributed by atoms with van der Waals surface area (Å²) in [4.78, 5) is 2.39. The molecule has 1 aliphatic rings. The van der Waals surface area contributed by atoms with Crippen LogP contribution in [0, 0.1) is 13.8 Å². The Balaban J connectivity index is 1.85. The van der Waals surface area contributed by atoms with Gasteiger partial charge >= 0.3 is 0 Å². The predicted molar refractivity (Wildman–Crippen MR) is 96.2 cm³/mol. The second-order valence-corrected chi connectivity index (χ2v) is 8.40. The van der Waals surface area contributed by atoms with Crippen LogP contribution in [0.5, 0.6) is 0 Å². The van der Waals surface area contributed by atoms with Crippen molar-refractivity contribution in [2.45, 2.75) is 37.6 Å². The zero-order chi connectivity index (χ0) is 18.0. The number of hydrogen-bond donors (Lipinski definition) is 1. The molecule has 0 amide bonds. The van der Waals surface area contributed by atoms with Gasteiger partial charge in [0.2, 0.25) is 10.0 Å². The normalized spacial score (nSPS) is 17.1. The molecule has 25 heavy (non-hydrogen) atoms. The lowest BCUT2D eigenvalue weighted by atomic mass is 10.1. The molecule has 0 radical (unpaired) electrons. The van der Waals surface area contributed by atoms with E-state index in [9.17, 15) is 8.42 Å². The number of aromatic nitrogens is 1. The maximum atomic E-state index is 12.7. The summed E-state index contributed by atoms with van der Waals surface area (Å²) in [6, 6.07) is 7.48. The van der Waals surface area contributed by atoms with E-state index >= 15 is 0 Å². The third-order valence-electron chi connectivity index (χ3n) is 4.55. The molecule has 1 saturated heterocycles. The minimum Gasteiger partial charge on any atom is -0.360 e. The highest BCUT2D eigenvalue weighted by Crippen LogP contribution is 2.30. The molecule has 2 aromatic rings. The maximum absolute atomic E-state index is 12.7. The second kappa shape index (κ2) is 7.45. The van der Waals surface area contributed by atoms with E-state index in [0.29, 0.717) is 16.5 Å². The Morgan fingerprint density at radius 3 is 2.56 bits per heavy atom. The molecular weight excluding hydrogens is 362 g/mol. The van der Waals surface area contributed by atoms with Crippen LogP contribution in [0.3, 0.4) is 0 Å². The van der Waals surface area contributed by atoms with Crippen LogP contribution in [0.25, 0.3) is 0 Å². The van der Waals surface area contributed by atoms with Crippen LogP contribution in [0.15, 0.2) is 33.7 Å². The maximum Gasteiger partial charge on any atom is 0.246 e. The number of aryl methyl sites for hydroxylation is 2. The molecule has 3 rings (SSSR count). The molecule has 136 valence electrons. The van der Waals surface area contributed by atoms with Gasteiger partial charge in [-0.2, -0.15) is 0 Å². The summed E-state index contributed by atoms with van der Waals surface area (Å²) in [5.74, 6) is 0.292. The summed E-state index contributed by atoms with van der Waals surface area (Å²) in [6.45, 7) is 5.33. The van der Waals surface area contributed by atoms with Crippen LogP contribution >= 0.6 is 11.6 Å². The fraction of sp³-hybridized carbons (Fsp3) is 0.471. The van der Waals surface area contributed by atoms with Crippen LogP contribution in [0.4, 0.5) is 0 Å². The molecule has 1 aliphatic heterocycles. The third kappa shape index (κ3) is 3.89. The lowest BCUT2D eigenvalue weighted by Gasteiger charge is -2.28. The number of nitrogens with one attached hydrogen (secondary N) is 1. The average molecular weight is 384 g/mol. The van der Waals surface area contributed by atoms with Gasteiger partial charge in [-0.1, -0.05) is 35.0 Å². The van der Waals surface area contributed by atoms with Crippen LogP contribution in [0.2, 0.25) is 5.02 Å². The summed E-state index contributed by atoms with van der Waals surface area (Å²) >= 11 is 6.37. The van der Waals surface area contributed by atoms with Crippen molar-refractivity contribution >= 4 is 21.6 Å². The molecule has 0 saturated carbocycles. The van der Waals surface area contributed by atoms with E-state index in [4.69, 9.17) is 16.1 Å². The van der Waals surface area contributed by atoms with E-state index < -0.39 is 10.0 Å². The van der Waals surface area contributed by atoms with Gasteiger partial charge in [0, 0.05) is 17.6 Å². The summed E-state index contributed by atoms with van der Waals surface area (Å²) in [6.07, 6.45) is 2.22. The number of hydrogen-bond acceptors (Lipinski definition) is 5. The quantitative estimate of drug-likeness (QED) is 0.829. The van der Waals surface area contributed by atoms with Crippen molar-refractivity contribution in [2.24, 2.45) is 0 Å². The Kier molecular flexibility index (Phi) is 5.48. The molecule has 1 fully saturated rings. The molecule has 8 heteroatoms.